The summed E-state index contributed by atoms with van der Waals surface area (Å²) in [6.07, 6.45) is 1.66. The van der Waals surface area contributed by atoms with Crippen LogP contribution in [0.15, 0.2) is 45.8 Å². The van der Waals surface area contributed by atoms with Crippen molar-refractivity contribution in [1.29, 1.82) is 0 Å². The van der Waals surface area contributed by atoms with Gasteiger partial charge in [0, 0.05) is 17.1 Å². The van der Waals surface area contributed by atoms with Crippen molar-refractivity contribution in [3.63, 3.8) is 0 Å². The van der Waals surface area contributed by atoms with Gasteiger partial charge >= 0.3 is 0 Å². The van der Waals surface area contributed by atoms with Gasteiger partial charge in [-0.3, -0.25) is 14.5 Å². The summed E-state index contributed by atoms with van der Waals surface area (Å²) in [7, 11) is 1.46. The molecule has 0 atom stereocenters. The van der Waals surface area contributed by atoms with Crippen LogP contribution in [-0.4, -0.2) is 23.1 Å². The maximum atomic E-state index is 12.1. The minimum absolute atomic E-state index is 0.286. The zero-order valence-electron chi connectivity index (χ0n) is 13.5. The van der Waals surface area contributed by atoms with Gasteiger partial charge in [0.25, 0.3) is 11.1 Å². The summed E-state index contributed by atoms with van der Waals surface area (Å²) in [6.45, 7) is 0.286. The molecule has 0 bridgehead atoms. The van der Waals surface area contributed by atoms with E-state index in [1.165, 1.54) is 7.05 Å². The third-order valence-corrected chi connectivity index (χ3v) is 5.82. The Balaban J connectivity index is 1.85. The summed E-state index contributed by atoms with van der Waals surface area (Å²) in [4.78, 5) is 25.2. The average Bonchev–Trinajstić information content (AvgIpc) is 2.84. The topological polar surface area (TPSA) is 46.6 Å². The van der Waals surface area contributed by atoms with Crippen molar-refractivity contribution in [2.24, 2.45) is 0 Å². The van der Waals surface area contributed by atoms with Gasteiger partial charge in [-0.25, -0.2) is 0 Å². The molecular weight excluding hydrogens is 461 g/mol. The number of amides is 2. The van der Waals surface area contributed by atoms with Crippen LogP contribution in [0.5, 0.6) is 5.75 Å². The van der Waals surface area contributed by atoms with E-state index in [4.69, 9.17) is 27.9 Å². The Morgan fingerprint density at radius 2 is 1.92 bits per heavy atom. The number of hydrogen-bond donors (Lipinski definition) is 0. The maximum absolute atomic E-state index is 12.1. The van der Waals surface area contributed by atoms with Crippen molar-refractivity contribution in [3.8, 4) is 5.75 Å². The Labute approximate surface area is 173 Å². The molecule has 1 heterocycles. The van der Waals surface area contributed by atoms with Crippen molar-refractivity contribution in [2.75, 3.05) is 7.05 Å². The fraction of sp³-hybridized carbons (Fsp3) is 0.111. The van der Waals surface area contributed by atoms with Crippen LogP contribution in [-0.2, 0) is 11.4 Å². The van der Waals surface area contributed by atoms with Gasteiger partial charge in [-0.05, 0) is 53.7 Å². The Kier molecular flexibility index (Phi) is 5.97. The number of carbonyl (C=O) groups is 2. The van der Waals surface area contributed by atoms with Crippen molar-refractivity contribution in [2.45, 2.75) is 6.61 Å². The van der Waals surface area contributed by atoms with E-state index >= 15 is 0 Å². The van der Waals surface area contributed by atoms with Crippen LogP contribution in [0.3, 0.4) is 0 Å². The molecule has 0 spiro atoms. The highest BCUT2D eigenvalue weighted by Gasteiger charge is 2.32. The molecule has 134 valence electrons. The number of imide groups is 1. The lowest BCUT2D eigenvalue weighted by Gasteiger charge is -2.11. The van der Waals surface area contributed by atoms with Gasteiger partial charge in [0.15, 0.2) is 0 Å². The second-order valence-corrected chi connectivity index (χ2v) is 8.18. The summed E-state index contributed by atoms with van der Waals surface area (Å²) in [5.74, 6) is 0.262. The molecule has 4 nitrogen and oxygen atoms in total. The number of ether oxygens (including phenoxy) is 1. The molecule has 1 aliphatic heterocycles. The molecule has 8 heteroatoms. The summed E-state index contributed by atoms with van der Waals surface area (Å²) in [5, 5.41) is 0.643. The van der Waals surface area contributed by atoms with E-state index in [9.17, 15) is 9.59 Å². The molecule has 1 fully saturated rings. The van der Waals surface area contributed by atoms with Crippen LogP contribution >= 0.6 is 50.9 Å². The number of halogens is 3. The summed E-state index contributed by atoms with van der Waals surface area (Å²) < 4.78 is 6.72. The Bertz CT molecular complexity index is 933. The number of likely N-dealkylation sites (N-methyl/N-ethyl adjacent to an activating group) is 1. The first-order chi connectivity index (χ1) is 12.3. The smallest absolute Gasteiger partial charge is 0.293 e. The number of nitrogens with zero attached hydrogens (tertiary/aromatic N) is 1. The van der Waals surface area contributed by atoms with Crippen LogP contribution in [0, 0.1) is 0 Å². The largest absolute Gasteiger partial charge is 0.488 e. The van der Waals surface area contributed by atoms with Gasteiger partial charge in [0.1, 0.15) is 12.4 Å². The van der Waals surface area contributed by atoms with Crippen LogP contribution in [0.2, 0.25) is 10.0 Å². The van der Waals surface area contributed by atoms with Gasteiger partial charge in [-0.15, -0.1) is 0 Å². The third kappa shape index (κ3) is 4.26. The lowest BCUT2D eigenvalue weighted by Crippen LogP contribution is -2.22. The molecule has 1 aliphatic rings. The molecule has 0 aliphatic carbocycles. The molecule has 0 unspecified atom stereocenters. The van der Waals surface area contributed by atoms with Crippen LogP contribution in [0.25, 0.3) is 6.08 Å². The predicted molar refractivity (Wildman–Crippen MR) is 109 cm³/mol. The minimum Gasteiger partial charge on any atom is -0.488 e. The zero-order chi connectivity index (χ0) is 18.8. The molecule has 3 rings (SSSR count). The molecule has 0 radical (unpaired) electrons. The molecular formula is C18H12BrCl2NO3S. The highest BCUT2D eigenvalue weighted by molar-refractivity contribution is 9.10. The minimum atomic E-state index is -0.324. The number of carbonyl (C=O) groups excluding carboxylic acids is 2. The van der Waals surface area contributed by atoms with E-state index in [0.717, 1.165) is 26.7 Å². The highest BCUT2D eigenvalue weighted by atomic mass is 79.9. The van der Waals surface area contributed by atoms with Crippen LogP contribution in [0.4, 0.5) is 4.79 Å². The van der Waals surface area contributed by atoms with Crippen molar-refractivity contribution >= 4 is 68.1 Å². The Hall–Kier alpha value is -1.47. The molecule has 0 aromatic heterocycles. The lowest BCUT2D eigenvalue weighted by atomic mass is 10.1. The monoisotopic (exact) mass is 471 g/mol. The molecule has 26 heavy (non-hydrogen) atoms. The SMILES string of the molecule is CN1C(=O)S/C(=C\c2cc(Br)ccc2OCc2ccc(Cl)c(Cl)c2)C1=O. The zero-order valence-corrected chi connectivity index (χ0v) is 17.4. The number of hydrogen-bond acceptors (Lipinski definition) is 4. The first-order valence-electron chi connectivity index (χ1n) is 7.43. The molecule has 0 saturated carbocycles. The van der Waals surface area contributed by atoms with E-state index in [1.54, 1.807) is 24.3 Å². The maximum Gasteiger partial charge on any atom is 0.293 e. The molecule has 0 N–H and O–H groups in total. The second-order valence-electron chi connectivity index (χ2n) is 5.46. The fourth-order valence-electron chi connectivity index (χ4n) is 2.24. The third-order valence-electron chi connectivity index (χ3n) is 3.62. The normalized spacial score (nSPS) is 15.8. The lowest BCUT2D eigenvalue weighted by molar-refractivity contribution is -0.121. The first kappa shape index (κ1) is 19.3. The van der Waals surface area contributed by atoms with Crippen LogP contribution < -0.4 is 4.74 Å². The van der Waals surface area contributed by atoms with E-state index < -0.39 is 0 Å². The van der Waals surface area contributed by atoms with Gasteiger partial charge in [-0.2, -0.15) is 0 Å². The van der Waals surface area contributed by atoms with E-state index in [-0.39, 0.29) is 17.8 Å². The van der Waals surface area contributed by atoms with Gasteiger partial charge < -0.3 is 4.74 Å². The van der Waals surface area contributed by atoms with E-state index in [2.05, 4.69) is 15.9 Å². The highest BCUT2D eigenvalue weighted by Crippen LogP contribution is 2.34. The molecule has 2 aromatic carbocycles. The predicted octanol–water partition coefficient (Wildman–Crippen LogP) is 6.00. The van der Waals surface area contributed by atoms with Crippen molar-refractivity contribution in [1.82, 2.24) is 4.90 Å². The van der Waals surface area contributed by atoms with Crippen molar-refractivity contribution < 1.29 is 14.3 Å². The van der Waals surface area contributed by atoms with Gasteiger partial charge in [-0.1, -0.05) is 45.2 Å². The van der Waals surface area contributed by atoms with E-state index in [1.807, 2.05) is 18.2 Å². The molecule has 2 aromatic rings. The number of rotatable bonds is 4. The second kappa shape index (κ2) is 8.05. The van der Waals surface area contributed by atoms with Crippen LogP contribution in [0.1, 0.15) is 11.1 Å². The summed E-state index contributed by atoms with van der Waals surface area (Å²) >= 11 is 16.3. The van der Waals surface area contributed by atoms with Gasteiger partial charge in [0.05, 0.1) is 15.0 Å². The Morgan fingerprint density at radius 1 is 1.15 bits per heavy atom. The fourth-order valence-corrected chi connectivity index (χ4v) is 3.76. The molecule has 2 amide bonds. The van der Waals surface area contributed by atoms with Crippen molar-refractivity contribution in [3.05, 3.63) is 66.9 Å². The summed E-state index contributed by atoms with van der Waals surface area (Å²) in [5.41, 5.74) is 1.56. The first-order valence-corrected chi connectivity index (χ1v) is 9.79. The number of benzene rings is 2. The quantitative estimate of drug-likeness (QED) is 0.512. The standard InChI is InChI=1S/C18H12BrCl2NO3S/c1-22-17(23)16(26-18(22)24)8-11-7-12(19)3-5-15(11)25-9-10-2-4-13(20)14(21)6-10/h2-8H,9H2,1H3/b16-8-. The summed E-state index contributed by atoms with van der Waals surface area (Å²) in [6, 6.07) is 10.7. The van der Waals surface area contributed by atoms with Gasteiger partial charge in [0.2, 0.25) is 0 Å². The van der Waals surface area contributed by atoms with E-state index in [0.29, 0.717) is 26.3 Å². The average molecular weight is 473 g/mol. The Morgan fingerprint density at radius 3 is 2.58 bits per heavy atom. The molecule has 1 saturated heterocycles. The number of thioether (sulfide) groups is 1.